The maximum atomic E-state index is 13.5. The molecule has 1 rings (SSSR count). The van der Waals surface area contributed by atoms with Gasteiger partial charge in [-0.05, 0) is 22.0 Å². The van der Waals surface area contributed by atoms with Gasteiger partial charge in [0.2, 0.25) is 0 Å². The molecule has 2 atom stereocenters. The van der Waals surface area contributed by atoms with Gasteiger partial charge in [0.1, 0.15) is 0 Å². The van der Waals surface area contributed by atoms with Gasteiger partial charge in [-0.2, -0.15) is 61.5 Å². The van der Waals surface area contributed by atoms with Gasteiger partial charge in [-0.15, -0.1) is 0 Å². The summed E-state index contributed by atoms with van der Waals surface area (Å²) in [5.41, 5.74) is -3.71. The Hall–Kier alpha value is -1.30. The van der Waals surface area contributed by atoms with E-state index in [0.717, 1.165) is 4.98 Å². The number of alkyl halides is 14. The van der Waals surface area contributed by atoms with Crippen LogP contribution in [0, 0.1) is 0 Å². The molecule has 18 heteroatoms. The van der Waals surface area contributed by atoms with Crippen molar-refractivity contribution < 1.29 is 71.7 Å². The molecule has 0 bridgehead atoms. The minimum absolute atomic E-state index is 0.106. The number of aliphatic hydroxyl groups is 2. The van der Waals surface area contributed by atoms with E-state index >= 15 is 0 Å². The predicted molar refractivity (Wildman–Crippen MR) is 70.3 cm³/mol. The van der Waals surface area contributed by atoms with E-state index in [0.29, 0.717) is 0 Å². The van der Waals surface area contributed by atoms with Crippen LogP contribution in [0.5, 0.6) is 0 Å². The predicted octanol–water partition coefficient (Wildman–Crippen LogP) is 5.51. The van der Waals surface area contributed by atoms with E-state index in [9.17, 15) is 71.7 Å². The van der Waals surface area contributed by atoms with Gasteiger partial charge >= 0.3 is 36.0 Å². The van der Waals surface area contributed by atoms with Gasteiger partial charge < -0.3 is 15.2 Å². The van der Waals surface area contributed by atoms with E-state index in [1.54, 1.807) is 0 Å². The first-order valence-electron chi connectivity index (χ1n) is 6.83. The molecule has 0 fully saturated rings. The van der Waals surface area contributed by atoms with Crippen molar-refractivity contribution in [1.82, 2.24) is 4.98 Å². The maximum absolute atomic E-state index is 13.5. The maximum Gasteiger partial charge on any atom is 0.459 e. The average molecular weight is 542 g/mol. The average Bonchev–Trinajstić information content (AvgIpc) is 2.92. The molecule has 0 aliphatic carbocycles. The van der Waals surface area contributed by atoms with Crippen molar-refractivity contribution in [2.75, 3.05) is 0 Å². The summed E-state index contributed by atoms with van der Waals surface area (Å²) in [6.07, 6.45) is -22.1. The molecule has 2 unspecified atom stereocenters. The molecule has 0 aliphatic rings. The summed E-state index contributed by atoms with van der Waals surface area (Å²) in [5, 5.41) is 18.4. The third-order valence-electron chi connectivity index (χ3n) is 3.62. The Balaban J connectivity index is 3.42. The molecule has 0 aliphatic heterocycles. The Kier molecular flexibility index (Phi) is 6.58. The van der Waals surface area contributed by atoms with Crippen LogP contribution in [0.3, 0.4) is 0 Å². The molecule has 3 N–H and O–H groups in total. The van der Waals surface area contributed by atoms with Crippen LogP contribution in [0.2, 0.25) is 0 Å². The highest BCUT2D eigenvalue weighted by Crippen LogP contribution is 2.54. The zero-order valence-corrected chi connectivity index (χ0v) is 14.9. The smallest absolute Gasteiger partial charge is 0.380 e. The van der Waals surface area contributed by atoms with E-state index in [1.165, 1.54) is 0 Å². The number of aliphatic hydroxyl groups excluding tert-OH is 2. The second-order valence-electron chi connectivity index (χ2n) is 5.68. The highest BCUT2D eigenvalue weighted by Gasteiger charge is 2.77. The molecule has 0 amide bonds. The quantitative estimate of drug-likeness (QED) is 0.416. The van der Waals surface area contributed by atoms with Gasteiger partial charge in [0.15, 0.2) is 12.2 Å². The number of aromatic nitrogens is 1. The molecule has 30 heavy (non-hydrogen) atoms. The lowest BCUT2D eigenvalue weighted by atomic mass is 10.0. The Morgan fingerprint density at radius 1 is 0.667 bits per heavy atom. The monoisotopic (exact) mass is 541 g/mol. The van der Waals surface area contributed by atoms with Gasteiger partial charge in [-0.25, -0.2) is 0 Å². The SMILES string of the molecule is OC(c1cc(Br)c(C(O)C(F)(F)C(F)(F)C(F)(F)F)[nH]1)C(F)(F)C(F)(F)C(F)(F)F. The molecular formula is C12H6BrF14NO2. The fourth-order valence-electron chi connectivity index (χ4n) is 1.91. The summed E-state index contributed by atoms with van der Waals surface area (Å²) in [4.78, 5) is 1.03. The highest BCUT2D eigenvalue weighted by atomic mass is 79.9. The van der Waals surface area contributed by atoms with Crippen molar-refractivity contribution >= 4 is 15.9 Å². The number of hydrogen-bond donors (Lipinski definition) is 3. The van der Waals surface area contributed by atoms with Crippen molar-refractivity contribution in [2.24, 2.45) is 0 Å². The zero-order chi connectivity index (χ0) is 24.3. The van der Waals surface area contributed by atoms with Crippen LogP contribution < -0.4 is 0 Å². The van der Waals surface area contributed by atoms with Crippen LogP contribution in [0.1, 0.15) is 23.6 Å². The van der Waals surface area contributed by atoms with Crippen LogP contribution >= 0.6 is 15.9 Å². The summed E-state index contributed by atoms with van der Waals surface area (Å²) < 4.78 is 177. The number of hydrogen-bond acceptors (Lipinski definition) is 2. The minimum atomic E-state index is -6.92. The summed E-state index contributed by atoms with van der Waals surface area (Å²) in [7, 11) is 0. The van der Waals surface area contributed by atoms with E-state index in [2.05, 4.69) is 15.9 Å². The highest BCUT2D eigenvalue weighted by molar-refractivity contribution is 9.10. The van der Waals surface area contributed by atoms with Crippen LogP contribution in [-0.2, 0) is 0 Å². The van der Waals surface area contributed by atoms with Crippen LogP contribution in [0.4, 0.5) is 61.5 Å². The lowest BCUT2D eigenvalue weighted by Crippen LogP contribution is -2.55. The standard InChI is InChI=1S/C12H6BrF14NO2/c13-2-1-3(5(29)7(14,15)9(18,19)11(22,23)24)28-4(2)6(30)8(16,17)10(20,21)12(25,26)27/h1,5-6,28-30H. The van der Waals surface area contributed by atoms with E-state index in [1.807, 2.05) is 0 Å². The van der Waals surface area contributed by atoms with Crippen LogP contribution in [0.15, 0.2) is 10.5 Å². The molecule has 1 aromatic rings. The van der Waals surface area contributed by atoms with Gasteiger partial charge in [-0.1, -0.05) is 0 Å². The topological polar surface area (TPSA) is 56.2 Å². The third kappa shape index (κ3) is 3.96. The normalized spacial score (nSPS) is 17.2. The molecule has 176 valence electrons. The summed E-state index contributed by atoms with van der Waals surface area (Å²) >= 11 is 2.14. The Bertz CT molecular complexity index is 768. The van der Waals surface area contributed by atoms with Crippen molar-refractivity contribution in [3.8, 4) is 0 Å². The van der Waals surface area contributed by atoms with E-state index < -0.39 is 64.1 Å². The third-order valence-corrected chi connectivity index (χ3v) is 4.28. The van der Waals surface area contributed by atoms with Crippen molar-refractivity contribution in [3.05, 3.63) is 21.9 Å². The molecule has 0 radical (unpaired) electrons. The van der Waals surface area contributed by atoms with Gasteiger partial charge in [0, 0.05) is 4.47 Å². The molecular weight excluding hydrogens is 536 g/mol. The Labute approximate surface area is 163 Å². The van der Waals surface area contributed by atoms with Crippen LogP contribution in [-0.4, -0.2) is 51.2 Å². The number of aromatic amines is 1. The van der Waals surface area contributed by atoms with Crippen LogP contribution in [0.25, 0.3) is 0 Å². The zero-order valence-electron chi connectivity index (χ0n) is 13.3. The van der Waals surface area contributed by atoms with Gasteiger partial charge in [0.05, 0.1) is 11.4 Å². The largest absolute Gasteiger partial charge is 0.459 e. The molecule has 0 saturated carbocycles. The van der Waals surface area contributed by atoms with E-state index in [4.69, 9.17) is 0 Å². The lowest BCUT2D eigenvalue weighted by Gasteiger charge is -2.32. The Morgan fingerprint density at radius 2 is 1.00 bits per heavy atom. The van der Waals surface area contributed by atoms with Gasteiger partial charge in [-0.3, -0.25) is 0 Å². The van der Waals surface area contributed by atoms with Crippen molar-refractivity contribution in [3.63, 3.8) is 0 Å². The first-order valence-corrected chi connectivity index (χ1v) is 7.63. The summed E-state index contributed by atoms with van der Waals surface area (Å²) in [6, 6.07) is -0.106. The number of H-pyrrole nitrogens is 1. The first kappa shape index (κ1) is 26.7. The second kappa shape index (κ2) is 7.39. The fourth-order valence-corrected chi connectivity index (χ4v) is 2.47. The minimum Gasteiger partial charge on any atom is -0.380 e. The molecule has 1 aromatic heterocycles. The fraction of sp³-hybridized carbons (Fsp3) is 0.667. The Morgan fingerprint density at radius 3 is 1.33 bits per heavy atom. The van der Waals surface area contributed by atoms with Gasteiger partial charge in [0.25, 0.3) is 0 Å². The number of nitrogens with one attached hydrogen (secondary N) is 1. The number of rotatable bonds is 6. The lowest BCUT2D eigenvalue weighted by molar-refractivity contribution is -0.373. The molecule has 0 aromatic carbocycles. The van der Waals surface area contributed by atoms with E-state index in [-0.39, 0.29) is 6.07 Å². The van der Waals surface area contributed by atoms with Crippen molar-refractivity contribution in [1.29, 1.82) is 0 Å². The molecule has 0 saturated heterocycles. The number of halogens is 15. The molecule has 3 nitrogen and oxygen atoms in total. The summed E-state index contributed by atoms with van der Waals surface area (Å²) in [6.45, 7) is 0. The summed E-state index contributed by atoms with van der Waals surface area (Å²) in [5.74, 6) is -26.5. The first-order chi connectivity index (χ1) is 12.9. The van der Waals surface area contributed by atoms with Crippen molar-refractivity contribution in [2.45, 2.75) is 48.3 Å². The molecule has 1 heterocycles. The molecule has 0 spiro atoms. The second-order valence-corrected chi connectivity index (χ2v) is 6.54.